The van der Waals surface area contributed by atoms with E-state index in [0.717, 1.165) is 94.5 Å². The maximum atomic E-state index is 4.92. The zero-order valence-electron chi connectivity index (χ0n) is 26.7. The van der Waals surface area contributed by atoms with Crippen LogP contribution in [0.5, 0.6) is 0 Å². The highest BCUT2D eigenvalue weighted by Gasteiger charge is 2.10. The molecule has 7 rings (SSSR count). The van der Waals surface area contributed by atoms with Crippen LogP contribution in [-0.4, -0.2) is 56.1 Å². The molecule has 0 radical (unpaired) electrons. The van der Waals surface area contributed by atoms with Crippen LogP contribution in [0.4, 0.5) is 0 Å². The molecule has 48 heavy (non-hydrogen) atoms. The molecule has 12 bridgehead atoms. The SMILES string of the molecule is c1cc2nc(c1)-c1cccc(n1)-c1cccc(n1)CNCCNCc1cccc(n1)-c1cccc(n1)-c1cccc(n1)CNCCNC2. The Balaban J connectivity index is 1.09. The number of nitrogens with zero attached hydrogens (tertiary/aromatic N) is 6. The Morgan fingerprint density at radius 1 is 0.271 bits per heavy atom. The second-order valence-electron chi connectivity index (χ2n) is 11.6. The number of hydrogen-bond donors (Lipinski definition) is 4. The third kappa shape index (κ3) is 8.17. The van der Waals surface area contributed by atoms with E-state index in [9.17, 15) is 0 Å². The van der Waals surface area contributed by atoms with Crippen molar-refractivity contribution in [3.63, 3.8) is 0 Å². The van der Waals surface area contributed by atoms with Gasteiger partial charge in [-0.3, -0.25) is 0 Å². The molecule has 10 heteroatoms. The molecule has 10 nitrogen and oxygen atoms in total. The lowest BCUT2D eigenvalue weighted by Crippen LogP contribution is -2.27. The molecule has 4 N–H and O–H groups in total. The van der Waals surface area contributed by atoms with Crippen molar-refractivity contribution in [2.45, 2.75) is 26.2 Å². The topological polar surface area (TPSA) is 125 Å². The van der Waals surface area contributed by atoms with Gasteiger partial charge in [-0.25, -0.2) is 29.9 Å². The predicted molar refractivity (Wildman–Crippen MR) is 188 cm³/mol. The largest absolute Gasteiger partial charge is 0.310 e. The lowest BCUT2D eigenvalue weighted by atomic mass is 10.2. The van der Waals surface area contributed by atoms with Crippen LogP contribution in [0.2, 0.25) is 0 Å². The number of hydrogen-bond acceptors (Lipinski definition) is 10. The minimum Gasteiger partial charge on any atom is -0.310 e. The average Bonchev–Trinajstić information content (AvgIpc) is 3.15. The number of pyridine rings is 6. The first-order valence-electron chi connectivity index (χ1n) is 16.4. The predicted octanol–water partition coefficient (Wildman–Crippen LogP) is 4.80. The van der Waals surface area contributed by atoms with E-state index in [4.69, 9.17) is 29.9 Å². The minimum absolute atomic E-state index is 0.662. The van der Waals surface area contributed by atoms with Crippen LogP contribution < -0.4 is 21.3 Å². The second kappa shape index (κ2) is 15.6. The van der Waals surface area contributed by atoms with Crippen LogP contribution >= 0.6 is 0 Å². The normalized spacial score (nSPS) is 14.5. The van der Waals surface area contributed by atoms with Crippen LogP contribution in [0.1, 0.15) is 22.8 Å². The van der Waals surface area contributed by atoms with Crippen molar-refractivity contribution >= 4 is 0 Å². The Labute approximate surface area is 280 Å². The fraction of sp³-hybridized carbons (Fsp3) is 0.211. The number of nitrogens with one attached hydrogen (secondary N) is 4. The van der Waals surface area contributed by atoms with Gasteiger partial charge in [-0.15, -0.1) is 0 Å². The third-order valence-electron chi connectivity index (χ3n) is 7.96. The van der Waals surface area contributed by atoms with E-state index in [0.29, 0.717) is 26.2 Å². The molecular weight excluding hydrogens is 596 g/mol. The smallest absolute Gasteiger partial charge is 0.0894 e. The van der Waals surface area contributed by atoms with Crippen LogP contribution in [0.3, 0.4) is 0 Å². The van der Waals surface area contributed by atoms with Crippen molar-refractivity contribution in [2.24, 2.45) is 0 Å². The van der Waals surface area contributed by atoms with Gasteiger partial charge in [-0.05, 0) is 72.8 Å². The fourth-order valence-corrected chi connectivity index (χ4v) is 5.54. The standard InChI is InChI=1S/C38H38N10/c1-7-27-23-39-19-20-40-24-29-9-3-13-33(45-29)37-17-6-18-38(48-37)34-14-4-10-30(46-34)26-42-22-21-41-25-28-8-2-12-32(44-28)36-16-5-15-35(47-36)31(11-1)43-27/h1-18,39-42H,19-26H2. The van der Waals surface area contributed by atoms with Crippen molar-refractivity contribution < 1.29 is 0 Å². The molecule has 0 saturated heterocycles. The molecule has 0 atom stereocenters. The summed E-state index contributed by atoms with van der Waals surface area (Å²) in [6.07, 6.45) is 0. The van der Waals surface area contributed by atoms with E-state index >= 15 is 0 Å². The second-order valence-corrected chi connectivity index (χ2v) is 11.6. The molecule has 240 valence electrons. The first-order chi connectivity index (χ1) is 23.8. The molecule has 6 aromatic rings. The van der Waals surface area contributed by atoms with Gasteiger partial charge in [-0.2, -0.15) is 0 Å². The van der Waals surface area contributed by atoms with Crippen molar-refractivity contribution in [3.05, 3.63) is 132 Å². The van der Waals surface area contributed by atoms with E-state index < -0.39 is 0 Å². The summed E-state index contributed by atoms with van der Waals surface area (Å²) in [5.74, 6) is 0. The van der Waals surface area contributed by atoms with Gasteiger partial charge in [0.25, 0.3) is 0 Å². The first-order valence-corrected chi connectivity index (χ1v) is 16.4. The van der Waals surface area contributed by atoms with Crippen LogP contribution in [0.15, 0.2) is 109 Å². The molecule has 7 heterocycles. The number of fused-ring (bicyclic) bond motifs is 16. The van der Waals surface area contributed by atoms with E-state index in [2.05, 4.69) is 21.3 Å². The van der Waals surface area contributed by atoms with Crippen LogP contribution in [0, 0.1) is 0 Å². The van der Waals surface area contributed by atoms with Gasteiger partial charge >= 0.3 is 0 Å². The van der Waals surface area contributed by atoms with Crippen molar-refractivity contribution in [1.82, 2.24) is 51.2 Å². The van der Waals surface area contributed by atoms with Crippen LogP contribution in [0.25, 0.3) is 45.6 Å². The molecule has 1 aliphatic rings. The molecule has 6 aromatic heterocycles. The Morgan fingerprint density at radius 2 is 0.479 bits per heavy atom. The average molecular weight is 635 g/mol. The summed E-state index contributed by atoms with van der Waals surface area (Å²) in [6.45, 7) is 5.82. The molecule has 0 amide bonds. The maximum absolute atomic E-state index is 4.92. The molecule has 0 aromatic carbocycles. The third-order valence-corrected chi connectivity index (χ3v) is 7.96. The van der Waals surface area contributed by atoms with Gasteiger partial charge in [0.1, 0.15) is 0 Å². The summed E-state index contributed by atoms with van der Waals surface area (Å²) in [7, 11) is 0. The quantitative estimate of drug-likeness (QED) is 0.185. The molecular formula is C38H38N10. The Morgan fingerprint density at radius 3 is 0.729 bits per heavy atom. The van der Waals surface area contributed by atoms with Gasteiger partial charge in [-0.1, -0.05) is 36.4 Å². The Kier molecular flexibility index (Phi) is 10.2. The first kappa shape index (κ1) is 31.3. The van der Waals surface area contributed by atoms with E-state index in [1.807, 2.05) is 109 Å². The summed E-state index contributed by atoms with van der Waals surface area (Å²) in [5, 5.41) is 14.0. The molecule has 0 aliphatic carbocycles. The van der Waals surface area contributed by atoms with Crippen molar-refractivity contribution in [2.75, 3.05) is 26.2 Å². The lowest BCUT2D eigenvalue weighted by Gasteiger charge is -2.10. The lowest BCUT2D eigenvalue weighted by molar-refractivity contribution is 0.601. The molecule has 0 fully saturated rings. The summed E-state index contributed by atoms with van der Waals surface area (Å²) in [6, 6.07) is 36.3. The zero-order chi connectivity index (χ0) is 32.4. The highest BCUT2D eigenvalue weighted by molar-refractivity contribution is 5.63. The highest BCUT2D eigenvalue weighted by Crippen LogP contribution is 2.22. The fourth-order valence-electron chi connectivity index (χ4n) is 5.54. The van der Waals surface area contributed by atoms with Gasteiger partial charge in [0.05, 0.1) is 68.3 Å². The van der Waals surface area contributed by atoms with Crippen molar-refractivity contribution in [1.29, 1.82) is 0 Å². The Hall–Kier alpha value is -5.26. The van der Waals surface area contributed by atoms with Gasteiger partial charge in [0, 0.05) is 52.4 Å². The van der Waals surface area contributed by atoms with E-state index in [1.165, 1.54) is 0 Å². The van der Waals surface area contributed by atoms with E-state index in [-0.39, 0.29) is 0 Å². The summed E-state index contributed by atoms with van der Waals surface area (Å²) < 4.78 is 0. The highest BCUT2D eigenvalue weighted by atomic mass is 15.0. The minimum atomic E-state index is 0.662. The summed E-state index contributed by atoms with van der Waals surface area (Å²) in [5.41, 5.74) is 10.5. The maximum Gasteiger partial charge on any atom is 0.0894 e. The molecule has 0 spiro atoms. The van der Waals surface area contributed by atoms with E-state index in [1.54, 1.807) is 0 Å². The summed E-state index contributed by atoms with van der Waals surface area (Å²) >= 11 is 0. The monoisotopic (exact) mass is 634 g/mol. The van der Waals surface area contributed by atoms with Gasteiger partial charge < -0.3 is 21.3 Å². The Bertz CT molecular complexity index is 1700. The number of rotatable bonds is 0. The number of aromatic nitrogens is 6. The zero-order valence-corrected chi connectivity index (χ0v) is 26.7. The molecule has 1 aliphatic heterocycles. The van der Waals surface area contributed by atoms with Gasteiger partial charge in [0.2, 0.25) is 0 Å². The van der Waals surface area contributed by atoms with Crippen LogP contribution in [-0.2, 0) is 26.2 Å². The van der Waals surface area contributed by atoms with Crippen molar-refractivity contribution in [3.8, 4) is 45.6 Å². The summed E-state index contributed by atoms with van der Waals surface area (Å²) in [4.78, 5) is 29.4. The van der Waals surface area contributed by atoms with Gasteiger partial charge in [0.15, 0.2) is 0 Å². The molecule has 0 unspecified atom stereocenters. The molecule has 0 saturated carbocycles.